The molecule has 2 unspecified atom stereocenters. The number of aliphatic hydroxyl groups excluding tert-OH is 1. The number of carbonyl (C=O) groups is 3. The van der Waals surface area contributed by atoms with E-state index < -0.39 is 29.1 Å². The Morgan fingerprint density at radius 3 is 2.40 bits per heavy atom. The quantitative estimate of drug-likeness (QED) is 0.234. The van der Waals surface area contributed by atoms with Crippen molar-refractivity contribution in [3.63, 3.8) is 0 Å². The molecule has 3 aliphatic heterocycles. The van der Waals surface area contributed by atoms with Gasteiger partial charge in [-0.05, 0) is 63.3 Å². The van der Waals surface area contributed by atoms with Crippen molar-refractivity contribution in [3.05, 3.63) is 49.6 Å². The molecule has 1 aromatic rings. The Hall–Kier alpha value is -3.17. The number of anilines is 1. The van der Waals surface area contributed by atoms with E-state index in [2.05, 4.69) is 13.2 Å². The smallest absolute Gasteiger partial charge is 0.253 e. The fourth-order valence-corrected chi connectivity index (χ4v) is 7.34. The van der Waals surface area contributed by atoms with Crippen LogP contribution in [0.5, 0.6) is 5.75 Å². The van der Waals surface area contributed by atoms with Crippen LogP contribution in [-0.2, 0) is 19.1 Å². The SMILES string of the molecule is C=CCN(CCC)C(=O)[C@H]1[C@H]2C(=O)N(CCCCCCO)C(C(=O)N(CC=C)c3ccc(OC)cc3)C23CC[C@]1(C)O3. The highest BCUT2D eigenvalue weighted by Gasteiger charge is 2.78. The predicted molar refractivity (Wildman–Crippen MR) is 162 cm³/mol. The zero-order chi connectivity index (χ0) is 30.5. The van der Waals surface area contributed by atoms with Crippen LogP contribution >= 0.6 is 0 Å². The first-order valence-corrected chi connectivity index (χ1v) is 15.3. The molecule has 0 saturated carbocycles. The van der Waals surface area contributed by atoms with Crippen LogP contribution in [0.4, 0.5) is 5.69 Å². The number of nitrogens with zero attached hydrogens (tertiary/aromatic N) is 3. The number of aliphatic hydroxyl groups is 1. The van der Waals surface area contributed by atoms with Gasteiger partial charge in [0, 0.05) is 38.5 Å². The van der Waals surface area contributed by atoms with Crippen LogP contribution in [0.15, 0.2) is 49.6 Å². The highest BCUT2D eigenvalue weighted by molar-refractivity contribution is 6.05. The molecule has 0 aliphatic carbocycles. The number of benzene rings is 1. The summed E-state index contributed by atoms with van der Waals surface area (Å²) in [6.45, 7) is 13.4. The molecule has 0 radical (unpaired) electrons. The highest BCUT2D eigenvalue weighted by Crippen LogP contribution is 2.63. The number of carbonyl (C=O) groups excluding carboxylic acids is 3. The van der Waals surface area contributed by atoms with Gasteiger partial charge in [-0.3, -0.25) is 14.4 Å². The second-order valence-corrected chi connectivity index (χ2v) is 11.9. The fourth-order valence-electron chi connectivity index (χ4n) is 7.34. The van der Waals surface area contributed by atoms with E-state index in [1.807, 2.05) is 26.0 Å². The highest BCUT2D eigenvalue weighted by atomic mass is 16.5. The number of rotatable bonds is 16. The number of hydrogen-bond acceptors (Lipinski definition) is 6. The molecule has 1 N–H and O–H groups in total. The Labute approximate surface area is 250 Å². The van der Waals surface area contributed by atoms with E-state index in [0.29, 0.717) is 56.8 Å². The summed E-state index contributed by atoms with van der Waals surface area (Å²) in [5, 5.41) is 9.20. The van der Waals surface area contributed by atoms with Gasteiger partial charge in [-0.15, -0.1) is 13.2 Å². The first kappa shape index (κ1) is 31.8. The van der Waals surface area contributed by atoms with E-state index in [4.69, 9.17) is 9.47 Å². The predicted octanol–water partition coefficient (Wildman–Crippen LogP) is 3.96. The van der Waals surface area contributed by atoms with Crippen LogP contribution in [-0.4, -0.2) is 89.8 Å². The Morgan fingerprint density at radius 1 is 1.10 bits per heavy atom. The van der Waals surface area contributed by atoms with Crippen LogP contribution < -0.4 is 9.64 Å². The topological polar surface area (TPSA) is 99.6 Å². The summed E-state index contributed by atoms with van der Waals surface area (Å²) < 4.78 is 12.1. The lowest BCUT2D eigenvalue weighted by molar-refractivity contribution is -0.149. The largest absolute Gasteiger partial charge is 0.497 e. The van der Waals surface area contributed by atoms with Crippen LogP contribution in [0.3, 0.4) is 0 Å². The molecule has 5 atom stereocenters. The van der Waals surface area contributed by atoms with Crippen molar-refractivity contribution in [2.45, 2.75) is 76.0 Å². The summed E-state index contributed by atoms with van der Waals surface area (Å²) >= 11 is 0. The average Bonchev–Trinajstić information content (AvgIpc) is 3.55. The van der Waals surface area contributed by atoms with Gasteiger partial charge in [-0.25, -0.2) is 0 Å². The van der Waals surface area contributed by atoms with Gasteiger partial charge in [0.25, 0.3) is 5.91 Å². The first-order chi connectivity index (χ1) is 20.2. The monoisotopic (exact) mass is 581 g/mol. The van der Waals surface area contributed by atoms with Gasteiger partial charge in [-0.1, -0.05) is 31.9 Å². The van der Waals surface area contributed by atoms with E-state index >= 15 is 0 Å². The van der Waals surface area contributed by atoms with E-state index in [-0.39, 0.29) is 30.9 Å². The molecule has 3 heterocycles. The van der Waals surface area contributed by atoms with Gasteiger partial charge in [-0.2, -0.15) is 0 Å². The van der Waals surface area contributed by atoms with Crippen LogP contribution in [0.25, 0.3) is 0 Å². The third kappa shape index (κ3) is 5.61. The second-order valence-electron chi connectivity index (χ2n) is 11.9. The van der Waals surface area contributed by atoms with Gasteiger partial charge >= 0.3 is 0 Å². The van der Waals surface area contributed by atoms with Crippen LogP contribution in [0.2, 0.25) is 0 Å². The van der Waals surface area contributed by atoms with Crippen molar-refractivity contribution in [1.29, 1.82) is 0 Å². The molecule has 3 saturated heterocycles. The summed E-state index contributed by atoms with van der Waals surface area (Å²) in [5.41, 5.74) is -1.26. The molecule has 4 rings (SSSR count). The molecule has 1 aromatic carbocycles. The number of unbranched alkanes of at least 4 members (excludes halogenated alkanes) is 3. The summed E-state index contributed by atoms with van der Waals surface area (Å²) in [6, 6.07) is 6.38. The molecule has 3 aliphatic rings. The molecule has 42 heavy (non-hydrogen) atoms. The minimum Gasteiger partial charge on any atom is -0.497 e. The van der Waals surface area contributed by atoms with Crippen molar-refractivity contribution in [2.75, 3.05) is 44.8 Å². The third-order valence-corrected chi connectivity index (χ3v) is 9.20. The lowest BCUT2D eigenvalue weighted by Gasteiger charge is -2.37. The van der Waals surface area contributed by atoms with Gasteiger partial charge in [0.1, 0.15) is 17.4 Å². The van der Waals surface area contributed by atoms with Crippen molar-refractivity contribution in [1.82, 2.24) is 9.80 Å². The molecule has 2 bridgehead atoms. The zero-order valence-electron chi connectivity index (χ0n) is 25.4. The molecule has 230 valence electrons. The Kier molecular flexibility index (Phi) is 10.1. The number of methoxy groups -OCH3 is 1. The normalized spacial score (nSPS) is 27.6. The van der Waals surface area contributed by atoms with Crippen LogP contribution in [0.1, 0.15) is 58.8 Å². The van der Waals surface area contributed by atoms with E-state index in [1.165, 1.54) is 0 Å². The van der Waals surface area contributed by atoms with Crippen molar-refractivity contribution in [2.24, 2.45) is 11.8 Å². The molecule has 3 fully saturated rings. The maximum atomic E-state index is 14.7. The Morgan fingerprint density at radius 2 is 1.79 bits per heavy atom. The van der Waals surface area contributed by atoms with E-state index in [1.54, 1.807) is 46.1 Å². The Bertz CT molecular complexity index is 1150. The standard InChI is InChI=1S/C33H47N3O6/c1-6-19-34(20-7-2)29(38)26-27-30(39)36(22-11-9-10-12-23-37)28(33(27)18-17-32(26,4)42-33)31(40)35(21-8-3)24-13-15-25(41-5)16-14-24/h6,8,13-16,26-28,37H,1,3,7,9-12,17-23H2,2,4-5H3/t26-,27+,28?,32+,33?/m1/s1. The summed E-state index contributed by atoms with van der Waals surface area (Å²) in [5.74, 6) is -1.25. The summed E-state index contributed by atoms with van der Waals surface area (Å²) in [4.78, 5) is 48.3. The molecule has 1 spiro atoms. The van der Waals surface area contributed by atoms with Gasteiger partial charge in [0.05, 0.1) is 24.5 Å². The van der Waals surface area contributed by atoms with Crippen molar-refractivity contribution >= 4 is 23.4 Å². The summed E-state index contributed by atoms with van der Waals surface area (Å²) in [7, 11) is 1.59. The maximum absolute atomic E-state index is 14.7. The molecular formula is C33H47N3O6. The third-order valence-electron chi connectivity index (χ3n) is 9.20. The molecular weight excluding hydrogens is 534 g/mol. The van der Waals surface area contributed by atoms with Gasteiger partial charge < -0.3 is 29.3 Å². The lowest BCUT2D eigenvalue weighted by atomic mass is 9.66. The van der Waals surface area contributed by atoms with Crippen LogP contribution in [0, 0.1) is 11.8 Å². The first-order valence-electron chi connectivity index (χ1n) is 15.3. The average molecular weight is 582 g/mol. The second kappa shape index (κ2) is 13.4. The molecule has 9 heteroatoms. The number of amides is 3. The van der Waals surface area contributed by atoms with E-state index in [0.717, 1.165) is 19.3 Å². The minimum absolute atomic E-state index is 0.103. The number of likely N-dealkylation sites (tertiary alicyclic amines) is 1. The van der Waals surface area contributed by atoms with Crippen molar-refractivity contribution in [3.8, 4) is 5.75 Å². The Balaban J connectivity index is 1.74. The van der Waals surface area contributed by atoms with Gasteiger partial charge in [0.2, 0.25) is 11.8 Å². The summed E-state index contributed by atoms with van der Waals surface area (Å²) in [6.07, 6.45) is 8.34. The minimum atomic E-state index is -1.09. The van der Waals surface area contributed by atoms with Crippen molar-refractivity contribution < 1.29 is 29.0 Å². The zero-order valence-corrected chi connectivity index (χ0v) is 25.4. The van der Waals surface area contributed by atoms with Gasteiger partial charge in [0.15, 0.2) is 0 Å². The number of hydrogen-bond donors (Lipinski definition) is 1. The molecule has 9 nitrogen and oxygen atoms in total. The fraction of sp³-hybridized carbons (Fsp3) is 0.606. The number of ether oxygens (including phenoxy) is 2. The molecule has 3 amide bonds. The maximum Gasteiger partial charge on any atom is 0.253 e. The number of fused-ring (bicyclic) bond motifs is 1. The lowest BCUT2D eigenvalue weighted by Crippen LogP contribution is -2.56. The van der Waals surface area contributed by atoms with E-state index in [9.17, 15) is 19.5 Å². The molecule has 0 aromatic heterocycles.